The second-order valence-electron chi connectivity index (χ2n) is 5.39. The smallest absolute Gasteiger partial charge is 0.253 e. The first-order valence-corrected chi connectivity index (χ1v) is 6.50. The predicted octanol–water partition coefficient (Wildman–Crippen LogP) is 2.15. The number of carbonyl (C=O) groups is 1. The van der Waals surface area contributed by atoms with Crippen molar-refractivity contribution in [1.82, 2.24) is 4.90 Å². The van der Waals surface area contributed by atoms with E-state index in [0.717, 1.165) is 18.4 Å². The summed E-state index contributed by atoms with van der Waals surface area (Å²) in [6.45, 7) is 4.46. The number of aryl methyl sites for hydroxylation is 2. The zero-order chi connectivity index (χ0) is 13.3. The van der Waals surface area contributed by atoms with Crippen LogP contribution in [0.1, 0.15) is 34.3 Å². The Morgan fingerprint density at radius 1 is 1.39 bits per heavy atom. The molecule has 1 saturated carbocycles. The Balaban J connectivity index is 2.02. The third-order valence-corrected chi connectivity index (χ3v) is 3.73. The lowest BCUT2D eigenvalue weighted by Crippen LogP contribution is -2.35. The summed E-state index contributed by atoms with van der Waals surface area (Å²) in [5, 5.41) is 9.86. The predicted molar refractivity (Wildman–Crippen MR) is 71.6 cm³/mol. The van der Waals surface area contributed by atoms with Gasteiger partial charge in [-0.2, -0.15) is 0 Å². The zero-order valence-corrected chi connectivity index (χ0v) is 11.3. The van der Waals surface area contributed by atoms with Crippen LogP contribution in [0.2, 0.25) is 0 Å². The minimum atomic E-state index is -0.370. The third-order valence-electron chi connectivity index (χ3n) is 3.73. The minimum absolute atomic E-state index is 0.0159. The van der Waals surface area contributed by atoms with E-state index >= 15 is 0 Å². The Labute approximate surface area is 108 Å². The molecule has 1 atom stereocenters. The van der Waals surface area contributed by atoms with Gasteiger partial charge in [0.2, 0.25) is 0 Å². The van der Waals surface area contributed by atoms with Gasteiger partial charge in [-0.05, 0) is 55.9 Å². The van der Waals surface area contributed by atoms with Gasteiger partial charge in [0.15, 0.2) is 0 Å². The van der Waals surface area contributed by atoms with E-state index in [0.29, 0.717) is 18.0 Å². The maximum Gasteiger partial charge on any atom is 0.253 e. The van der Waals surface area contributed by atoms with Crippen molar-refractivity contribution in [3.8, 4) is 0 Å². The fourth-order valence-electron chi connectivity index (χ4n) is 2.09. The van der Waals surface area contributed by atoms with E-state index in [-0.39, 0.29) is 12.0 Å². The van der Waals surface area contributed by atoms with E-state index in [2.05, 4.69) is 0 Å². The third kappa shape index (κ3) is 2.91. The first-order valence-electron chi connectivity index (χ1n) is 6.50. The van der Waals surface area contributed by atoms with E-state index < -0.39 is 0 Å². The molecule has 3 nitrogen and oxygen atoms in total. The summed E-state index contributed by atoms with van der Waals surface area (Å²) in [4.78, 5) is 13.8. The van der Waals surface area contributed by atoms with Gasteiger partial charge in [-0.15, -0.1) is 0 Å². The van der Waals surface area contributed by atoms with Crippen LogP contribution in [0.25, 0.3) is 0 Å². The number of hydrogen-bond acceptors (Lipinski definition) is 2. The van der Waals surface area contributed by atoms with Crippen molar-refractivity contribution in [2.75, 3.05) is 13.6 Å². The highest BCUT2D eigenvalue weighted by Gasteiger charge is 2.31. The number of aliphatic hydroxyl groups excluding tert-OH is 1. The molecule has 1 aromatic rings. The van der Waals surface area contributed by atoms with Crippen LogP contribution < -0.4 is 0 Å². The van der Waals surface area contributed by atoms with Gasteiger partial charge >= 0.3 is 0 Å². The normalized spacial score (nSPS) is 16.4. The number of likely N-dealkylation sites (N-methyl/N-ethyl adjacent to an activating group) is 1. The van der Waals surface area contributed by atoms with Crippen LogP contribution in [0, 0.1) is 19.8 Å². The zero-order valence-electron chi connectivity index (χ0n) is 11.3. The molecule has 0 spiro atoms. The molecule has 1 aliphatic carbocycles. The Kier molecular flexibility index (Phi) is 3.71. The Morgan fingerprint density at radius 2 is 2.06 bits per heavy atom. The van der Waals surface area contributed by atoms with Crippen molar-refractivity contribution in [2.24, 2.45) is 5.92 Å². The van der Waals surface area contributed by atoms with Crippen LogP contribution in [-0.4, -0.2) is 35.6 Å². The molecule has 1 fully saturated rings. The summed E-state index contributed by atoms with van der Waals surface area (Å²) in [7, 11) is 1.75. The van der Waals surface area contributed by atoms with Gasteiger partial charge in [0.25, 0.3) is 5.91 Å². The molecule has 1 unspecified atom stereocenters. The van der Waals surface area contributed by atoms with Crippen LogP contribution in [-0.2, 0) is 0 Å². The molecule has 0 aromatic heterocycles. The topological polar surface area (TPSA) is 40.5 Å². The summed E-state index contributed by atoms with van der Waals surface area (Å²) < 4.78 is 0. The highest BCUT2D eigenvalue weighted by Crippen LogP contribution is 2.32. The number of rotatable bonds is 4. The van der Waals surface area contributed by atoms with Crippen LogP contribution in [0.15, 0.2) is 18.2 Å². The second-order valence-corrected chi connectivity index (χ2v) is 5.39. The number of nitrogens with zero attached hydrogens (tertiary/aromatic N) is 1. The number of carbonyl (C=O) groups excluding carboxylic acids is 1. The van der Waals surface area contributed by atoms with Crippen molar-refractivity contribution in [1.29, 1.82) is 0 Å². The molecule has 0 bridgehead atoms. The highest BCUT2D eigenvalue weighted by molar-refractivity contribution is 5.94. The molecule has 3 heteroatoms. The van der Waals surface area contributed by atoms with Gasteiger partial charge in [0.05, 0.1) is 6.10 Å². The van der Waals surface area contributed by atoms with E-state index in [1.807, 2.05) is 32.0 Å². The molecule has 2 rings (SSSR count). The average Bonchev–Trinajstić information content (AvgIpc) is 3.15. The monoisotopic (exact) mass is 247 g/mol. The molecule has 1 aliphatic rings. The number of benzene rings is 1. The van der Waals surface area contributed by atoms with Gasteiger partial charge in [0, 0.05) is 19.2 Å². The van der Waals surface area contributed by atoms with E-state index in [4.69, 9.17) is 0 Å². The fourth-order valence-corrected chi connectivity index (χ4v) is 2.09. The molecule has 18 heavy (non-hydrogen) atoms. The standard InChI is InChI=1S/C15H21NO2/c1-10-4-5-13(8-11(10)2)15(18)16(3)9-14(17)12-6-7-12/h4-5,8,12,14,17H,6-7,9H2,1-3H3. The maximum absolute atomic E-state index is 12.2. The van der Waals surface area contributed by atoms with Crippen molar-refractivity contribution in [3.63, 3.8) is 0 Å². The SMILES string of the molecule is Cc1ccc(C(=O)N(C)CC(O)C2CC2)cc1C. The van der Waals surface area contributed by atoms with E-state index in [1.165, 1.54) is 5.56 Å². The Bertz CT molecular complexity index is 452. The molecule has 1 N–H and O–H groups in total. The van der Waals surface area contributed by atoms with Crippen molar-refractivity contribution < 1.29 is 9.90 Å². The summed E-state index contributed by atoms with van der Waals surface area (Å²) in [6.07, 6.45) is 1.81. The quantitative estimate of drug-likeness (QED) is 0.885. The number of amides is 1. The molecular weight excluding hydrogens is 226 g/mol. The molecule has 0 aliphatic heterocycles. The Hall–Kier alpha value is -1.35. The summed E-state index contributed by atoms with van der Waals surface area (Å²) in [5.41, 5.74) is 3.01. The molecule has 1 amide bonds. The van der Waals surface area contributed by atoms with Crippen molar-refractivity contribution in [3.05, 3.63) is 34.9 Å². The Morgan fingerprint density at radius 3 is 2.61 bits per heavy atom. The van der Waals surface area contributed by atoms with Crippen molar-refractivity contribution >= 4 is 5.91 Å². The molecule has 0 radical (unpaired) electrons. The highest BCUT2D eigenvalue weighted by atomic mass is 16.3. The summed E-state index contributed by atoms with van der Waals surface area (Å²) in [5.74, 6) is 0.387. The second kappa shape index (κ2) is 5.11. The maximum atomic E-state index is 12.2. The van der Waals surface area contributed by atoms with Crippen LogP contribution in [0.5, 0.6) is 0 Å². The molecular formula is C15H21NO2. The van der Waals surface area contributed by atoms with E-state index in [1.54, 1.807) is 11.9 Å². The molecule has 0 saturated heterocycles. The number of hydrogen-bond donors (Lipinski definition) is 1. The fraction of sp³-hybridized carbons (Fsp3) is 0.533. The molecule has 98 valence electrons. The van der Waals surface area contributed by atoms with Crippen LogP contribution in [0.3, 0.4) is 0 Å². The van der Waals surface area contributed by atoms with Gasteiger partial charge in [0.1, 0.15) is 0 Å². The van der Waals surface area contributed by atoms with Gasteiger partial charge in [-0.25, -0.2) is 0 Å². The van der Waals surface area contributed by atoms with Gasteiger partial charge < -0.3 is 10.0 Å². The van der Waals surface area contributed by atoms with Crippen LogP contribution in [0.4, 0.5) is 0 Å². The van der Waals surface area contributed by atoms with Gasteiger partial charge in [-0.1, -0.05) is 6.07 Å². The summed E-state index contributed by atoms with van der Waals surface area (Å²) in [6, 6.07) is 5.73. The molecule has 0 heterocycles. The largest absolute Gasteiger partial charge is 0.391 e. The van der Waals surface area contributed by atoms with Gasteiger partial charge in [-0.3, -0.25) is 4.79 Å². The lowest BCUT2D eigenvalue weighted by Gasteiger charge is -2.21. The average molecular weight is 247 g/mol. The van der Waals surface area contributed by atoms with Crippen molar-refractivity contribution in [2.45, 2.75) is 32.8 Å². The molecule has 1 aromatic carbocycles. The first kappa shape index (κ1) is 13.1. The summed E-state index contributed by atoms with van der Waals surface area (Å²) >= 11 is 0. The van der Waals surface area contributed by atoms with E-state index in [9.17, 15) is 9.90 Å². The lowest BCUT2D eigenvalue weighted by atomic mass is 10.1. The lowest BCUT2D eigenvalue weighted by molar-refractivity contribution is 0.0645. The minimum Gasteiger partial charge on any atom is -0.391 e. The first-order chi connectivity index (χ1) is 8.49. The number of aliphatic hydroxyl groups is 1. The van der Waals surface area contributed by atoms with Crippen LogP contribution >= 0.6 is 0 Å².